The number of hydrogen-bond acceptors (Lipinski definition) is 7. The third-order valence-electron chi connectivity index (χ3n) is 5.73. The summed E-state index contributed by atoms with van der Waals surface area (Å²) in [4.78, 5) is 11.2. The number of unbranched alkanes of at least 4 members (excludes halogenated alkanes) is 1. The minimum Gasteiger partial charge on any atom is -0.462 e. The van der Waals surface area contributed by atoms with Gasteiger partial charge in [-0.2, -0.15) is 4.98 Å². The van der Waals surface area contributed by atoms with Crippen LogP contribution in [0.2, 0.25) is 0 Å². The topological polar surface area (TPSA) is 93.6 Å². The molecule has 4 rings (SSSR count). The molecule has 3 aromatic rings. The van der Waals surface area contributed by atoms with E-state index in [1.807, 2.05) is 6.20 Å². The van der Waals surface area contributed by atoms with Gasteiger partial charge in [0.1, 0.15) is 0 Å². The summed E-state index contributed by atoms with van der Waals surface area (Å²) < 4.78 is 7.45. The van der Waals surface area contributed by atoms with E-state index in [1.54, 1.807) is 4.52 Å². The van der Waals surface area contributed by atoms with Crippen LogP contribution in [0.25, 0.3) is 5.65 Å². The van der Waals surface area contributed by atoms with Crippen molar-refractivity contribution in [3.8, 4) is 6.01 Å². The summed E-state index contributed by atoms with van der Waals surface area (Å²) >= 11 is 0. The Morgan fingerprint density at radius 2 is 2.03 bits per heavy atom. The highest BCUT2D eigenvalue weighted by Gasteiger charge is 2.18. The molecule has 3 heterocycles. The Morgan fingerprint density at radius 3 is 2.77 bits per heavy atom. The maximum absolute atomic E-state index is 6.11. The van der Waals surface area contributed by atoms with Crippen LogP contribution in [0.5, 0.6) is 6.01 Å². The van der Waals surface area contributed by atoms with Gasteiger partial charge in [0.2, 0.25) is 0 Å². The molecule has 0 amide bonds. The molecule has 0 bridgehead atoms. The first-order valence-electron chi connectivity index (χ1n) is 11.3. The van der Waals surface area contributed by atoms with Crippen molar-refractivity contribution >= 4 is 17.2 Å². The van der Waals surface area contributed by atoms with Gasteiger partial charge in [-0.1, -0.05) is 39.3 Å². The van der Waals surface area contributed by atoms with Gasteiger partial charge in [0.25, 0.3) is 0 Å². The summed E-state index contributed by atoms with van der Waals surface area (Å²) in [5.74, 6) is 0.785. The highest BCUT2D eigenvalue weighted by atomic mass is 16.5. The van der Waals surface area contributed by atoms with Crippen LogP contribution in [0.4, 0.5) is 11.5 Å². The zero-order valence-corrected chi connectivity index (χ0v) is 18.8. The average Bonchev–Trinajstić information content (AvgIpc) is 3.17. The predicted octanol–water partition coefficient (Wildman–Crippen LogP) is 3.01. The summed E-state index contributed by atoms with van der Waals surface area (Å²) in [7, 11) is 0. The van der Waals surface area contributed by atoms with Crippen molar-refractivity contribution in [1.29, 1.82) is 0 Å². The molecule has 0 radical (unpaired) electrons. The van der Waals surface area contributed by atoms with Crippen LogP contribution >= 0.6 is 0 Å². The largest absolute Gasteiger partial charge is 0.462 e. The normalized spacial score (nSPS) is 14.5. The lowest BCUT2D eigenvalue weighted by molar-refractivity contribution is 0.280. The highest BCUT2D eigenvalue weighted by molar-refractivity contribution is 5.60. The fourth-order valence-electron chi connectivity index (χ4n) is 4.00. The van der Waals surface area contributed by atoms with Crippen molar-refractivity contribution in [2.24, 2.45) is 0 Å². The van der Waals surface area contributed by atoms with Crippen LogP contribution in [0, 0.1) is 0 Å². The zero-order chi connectivity index (χ0) is 21.8. The van der Waals surface area contributed by atoms with E-state index in [9.17, 15) is 0 Å². The number of benzene rings is 1. The second-order valence-corrected chi connectivity index (χ2v) is 8.43. The van der Waals surface area contributed by atoms with E-state index in [0.29, 0.717) is 36.4 Å². The molecule has 0 unspecified atom stereocenters. The van der Waals surface area contributed by atoms with Crippen molar-refractivity contribution in [3.63, 3.8) is 0 Å². The number of rotatable bonds is 8. The van der Waals surface area contributed by atoms with Crippen LogP contribution in [0.3, 0.4) is 0 Å². The number of piperazine rings is 1. The number of nitrogens with zero attached hydrogens (tertiary/aromatic N) is 5. The second kappa shape index (κ2) is 9.51. The van der Waals surface area contributed by atoms with E-state index < -0.39 is 0 Å². The van der Waals surface area contributed by atoms with Crippen molar-refractivity contribution in [3.05, 3.63) is 41.2 Å². The molecule has 31 heavy (non-hydrogen) atoms. The SMILES string of the molecule is CCCCOc1nc(N)c2ncc(Cc3ccc(N4CCNCC4)c(C(C)C)c3)n2n1. The summed E-state index contributed by atoms with van der Waals surface area (Å²) in [6, 6.07) is 7.10. The monoisotopic (exact) mass is 423 g/mol. The first kappa shape index (κ1) is 21.4. The molecule has 0 aliphatic carbocycles. The molecule has 166 valence electrons. The first-order chi connectivity index (χ1) is 15.1. The Kier molecular flexibility index (Phi) is 6.56. The molecular weight excluding hydrogens is 390 g/mol. The van der Waals surface area contributed by atoms with Gasteiger partial charge in [0.15, 0.2) is 11.5 Å². The standard InChI is InChI=1S/C23H33N7O/c1-4-5-12-31-23-27-21(24)22-26-15-18(30(22)28-23)13-17-6-7-20(19(14-17)16(2)3)29-10-8-25-9-11-29/h6-7,14-16,25H,4-5,8-13H2,1-3H3,(H2,24,27,28). The Morgan fingerprint density at radius 1 is 1.23 bits per heavy atom. The zero-order valence-electron chi connectivity index (χ0n) is 18.8. The van der Waals surface area contributed by atoms with E-state index in [4.69, 9.17) is 10.5 Å². The van der Waals surface area contributed by atoms with Gasteiger partial charge in [-0.3, -0.25) is 0 Å². The van der Waals surface area contributed by atoms with E-state index in [-0.39, 0.29) is 0 Å². The number of nitrogens with two attached hydrogens (primary N) is 1. The van der Waals surface area contributed by atoms with E-state index in [1.165, 1.54) is 16.8 Å². The lowest BCUT2D eigenvalue weighted by Crippen LogP contribution is -2.44. The third-order valence-corrected chi connectivity index (χ3v) is 5.73. The molecule has 0 saturated carbocycles. The Hall–Kier alpha value is -2.87. The quantitative estimate of drug-likeness (QED) is 0.538. The van der Waals surface area contributed by atoms with Crippen LogP contribution in [-0.2, 0) is 6.42 Å². The van der Waals surface area contributed by atoms with Crippen molar-refractivity contribution in [2.45, 2.75) is 46.0 Å². The minimum absolute atomic E-state index is 0.301. The number of fused-ring (bicyclic) bond motifs is 1. The van der Waals surface area contributed by atoms with Crippen molar-refractivity contribution in [1.82, 2.24) is 24.9 Å². The van der Waals surface area contributed by atoms with Crippen molar-refractivity contribution < 1.29 is 4.74 Å². The van der Waals surface area contributed by atoms with Gasteiger partial charge >= 0.3 is 6.01 Å². The van der Waals surface area contributed by atoms with Crippen LogP contribution in [0.15, 0.2) is 24.4 Å². The van der Waals surface area contributed by atoms with E-state index in [0.717, 1.165) is 44.7 Å². The maximum Gasteiger partial charge on any atom is 0.336 e. The number of nitrogens with one attached hydrogen (secondary N) is 1. The Labute approximate surface area is 183 Å². The molecule has 8 heteroatoms. The van der Waals surface area contributed by atoms with Gasteiger partial charge in [0, 0.05) is 38.3 Å². The van der Waals surface area contributed by atoms with Gasteiger partial charge in [0.05, 0.1) is 18.5 Å². The van der Waals surface area contributed by atoms with Crippen LogP contribution in [-0.4, -0.2) is 52.4 Å². The lowest BCUT2D eigenvalue weighted by Gasteiger charge is -2.32. The van der Waals surface area contributed by atoms with Gasteiger partial charge in [-0.25, -0.2) is 9.50 Å². The fourth-order valence-corrected chi connectivity index (χ4v) is 4.00. The third kappa shape index (κ3) is 4.74. The Balaban J connectivity index is 1.61. The molecule has 3 N–H and O–H groups in total. The molecule has 1 aromatic carbocycles. The molecular formula is C23H33N7O. The average molecular weight is 424 g/mol. The molecule has 8 nitrogen and oxygen atoms in total. The van der Waals surface area contributed by atoms with Crippen LogP contribution in [0.1, 0.15) is 56.4 Å². The number of anilines is 2. The second-order valence-electron chi connectivity index (χ2n) is 8.43. The highest BCUT2D eigenvalue weighted by Crippen LogP contribution is 2.30. The molecule has 1 aliphatic heterocycles. The number of aromatic nitrogens is 4. The first-order valence-corrected chi connectivity index (χ1v) is 11.3. The Bertz CT molecular complexity index is 1020. The molecule has 0 spiro atoms. The number of ether oxygens (including phenoxy) is 1. The summed E-state index contributed by atoms with van der Waals surface area (Å²) in [6.45, 7) is 11.4. The number of nitrogen functional groups attached to an aromatic ring is 1. The van der Waals surface area contributed by atoms with E-state index >= 15 is 0 Å². The van der Waals surface area contributed by atoms with Gasteiger partial charge in [-0.05, 0) is 29.5 Å². The predicted molar refractivity (Wildman–Crippen MR) is 124 cm³/mol. The number of imidazole rings is 1. The smallest absolute Gasteiger partial charge is 0.336 e. The molecule has 1 saturated heterocycles. The van der Waals surface area contributed by atoms with Gasteiger partial charge in [-0.15, -0.1) is 5.10 Å². The van der Waals surface area contributed by atoms with Crippen LogP contribution < -0.4 is 20.7 Å². The summed E-state index contributed by atoms with van der Waals surface area (Å²) in [6.07, 6.45) is 4.55. The minimum atomic E-state index is 0.301. The van der Waals surface area contributed by atoms with Gasteiger partial charge < -0.3 is 20.7 Å². The van der Waals surface area contributed by atoms with Crippen molar-refractivity contribution in [2.75, 3.05) is 43.4 Å². The molecule has 2 aromatic heterocycles. The summed E-state index contributed by atoms with van der Waals surface area (Å²) in [5, 5.41) is 7.97. The molecule has 1 fully saturated rings. The van der Waals surface area contributed by atoms with E-state index in [2.05, 4.69) is 64.3 Å². The maximum atomic E-state index is 6.11. The molecule has 1 aliphatic rings. The number of hydrogen-bond donors (Lipinski definition) is 2. The summed E-state index contributed by atoms with van der Waals surface area (Å²) in [5.41, 5.74) is 11.6. The fraction of sp³-hybridized carbons (Fsp3) is 0.522. The lowest BCUT2D eigenvalue weighted by atomic mass is 9.96. The molecule has 0 atom stereocenters.